The highest BCUT2D eigenvalue weighted by Gasteiger charge is 2.16. The smallest absolute Gasteiger partial charge is 0.303 e. The fraction of sp³-hybridized carbons (Fsp3) is 0.467. The number of nitrogens with zero attached hydrogens (tertiary/aromatic N) is 1. The van der Waals surface area contributed by atoms with Crippen LogP contribution in [0, 0.1) is 0 Å². The van der Waals surface area contributed by atoms with E-state index in [1.54, 1.807) is 6.92 Å². The molecule has 1 aromatic carbocycles. The standard InChI is InChI=1S/C15H20N2O4/c1-11(21-12(2)18)15(19)16-13-3-5-14(6-4-13)17-7-9-20-10-8-17/h3-6,11H,7-10H2,1-2H3,(H,16,19)/t11-/m1/s1. The molecule has 0 saturated carbocycles. The van der Waals surface area contributed by atoms with Gasteiger partial charge in [0.1, 0.15) is 0 Å². The molecule has 6 heteroatoms. The van der Waals surface area contributed by atoms with Crippen molar-refractivity contribution in [2.24, 2.45) is 0 Å². The number of anilines is 2. The Hall–Kier alpha value is -2.08. The topological polar surface area (TPSA) is 67.9 Å². The number of hydrogen-bond donors (Lipinski definition) is 1. The maximum absolute atomic E-state index is 11.8. The average molecular weight is 292 g/mol. The minimum Gasteiger partial charge on any atom is -0.453 e. The Balaban J connectivity index is 1.92. The largest absolute Gasteiger partial charge is 0.453 e. The van der Waals surface area contributed by atoms with Gasteiger partial charge in [-0.15, -0.1) is 0 Å². The number of rotatable bonds is 4. The molecular weight excluding hydrogens is 272 g/mol. The summed E-state index contributed by atoms with van der Waals surface area (Å²) in [6.07, 6.45) is -0.804. The minimum absolute atomic E-state index is 0.343. The first kappa shape index (κ1) is 15.3. The molecule has 6 nitrogen and oxygen atoms in total. The molecule has 0 spiro atoms. The van der Waals surface area contributed by atoms with Crippen molar-refractivity contribution < 1.29 is 19.1 Å². The average Bonchev–Trinajstić information content (AvgIpc) is 2.48. The molecule has 0 unspecified atom stereocenters. The summed E-state index contributed by atoms with van der Waals surface area (Å²) in [5, 5.41) is 2.72. The Kier molecular flexibility index (Phi) is 5.16. The number of carbonyl (C=O) groups is 2. The van der Waals surface area contributed by atoms with Crippen LogP contribution >= 0.6 is 0 Å². The van der Waals surface area contributed by atoms with Gasteiger partial charge in [0.05, 0.1) is 13.2 Å². The van der Waals surface area contributed by atoms with E-state index in [9.17, 15) is 9.59 Å². The van der Waals surface area contributed by atoms with Gasteiger partial charge in [0.2, 0.25) is 0 Å². The molecule has 114 valence electrons. The van der Waals surface area contributed by atoms with Gasteiger partial charge in [0.15, 0.2) is 6.10 Å². The van der Waals surface area contributed by atoms with Crippen LogP contribution in [0.1, 0.15) is 13.8 Å². The SMILES string of the molecule is CC(=O)O[C@H](C)C(=O)Nc1ccc(N2CCOCC2)cc1. The normalized spacial score (nSPS) is 16.2. The highest BCUT2D eigenvalue weighted by molar-refractivity contribution is 5.95. The van der Waals surface area contributed by atoms with Crippen molar-refractivity contribution in [3.8, 4) is 0 Å². The fourth-order valence-electron chi connectivity index (χ4n) is 2.12. The third kappa shape index (κ3) is 4.46. The first-order valence-electron chi connectivity index (χ1n) is 6.97. The van der Waals surface area contributed by atoms with Gasteiger partial charge in [-0.25, -0.2) is 0 Å². The highest BCUT2D eigenvalue weighted by Crippen LogP contribution is 2.19. The maximum atomic E-state index is 11.8. The molecule has 1 atom stereocenters. The van der Waals surface area contributed by atoms with E-state index in [2.05, 4.69) is 10.2 Å². The van der Waals surface area contributed by atoms with Gasteiger partial charge in [-0.1, -0.05) is 0 Å². The second kappa shape index (κ2) is 7.08. The first-order chi connectivity index (χ1) is 10.1. The third-order valence-electron chi connectivity index (χ3n) is 3.22. The Morgan fingerprint density at radius 2 is 1.86 bits per heavy atom. The first-order valence-corrected chi connectivity index (χ1v) is 6.97. The van der Waals surface area contributed by atoms with Crippen LogP contribution in [0.2, 0.25) is 0 Å². The quantitative estimate of drug-likeness (QED) is 0.850. The highest BCUT2D eigenvalue weighted by atomic mass is 16.5. The monoisotopic (exact) mass is 292 g/mol. The zero-order valence-corrected chi connectivity index (χ0v) is 12.3. The van der Waals surface area contributed by atoms with Gasteiger partial charge in [0.25, 0.3) is 5.91 Å². The molecular formula is C15H20N2O4. The lowest BCUT2D eigenvalue weighted by Gasteiger charge is -2.28. The molecule has 1 aliphatic heterocycles. The molecule has 1 fully saturated rings. The number of hydrogen-bond acceptors (Lipinski definition) is 5. The summed E-state index contributed by atoms with van der Waals surface area (Å²) in [4.78, 5) is 24.9. The second-order valence-electron chi connectivity index (χ2n) is 4.89. The van der Waals surface area contributed by atoms with E-state index in [4.69, 9.17) is 9.47 Å². The molecule has 1 N–H and O–H groups in total. The van der Waals surface area contributed by atoms with Crippen LogP contribution in [0.25, 0.3) is 0 Å². The van der Waals surface area contributed by atoms with E-state index in [0.717, 1.165) is 32.0 Å². The summed E-state index contributed by atoms with van der Waals surface area (Å²) < 4.78 is 10.1. The maximum Gasteiger partial charge on any atom is 0.303 e. The van der Waals surface area contributed by atoms with Crippen LogP contribution in [0.15, 0.2) is 24.3 Å². The zero-order chi connectivity index (χ0) is 15.2. The lowest BCUT2D eigenvalue weighted by Crippen LogP contribution is -2.36. The number of esters is 1. The van der Waals surface area contributed by atoms with Gasteiger partial charge in [-0.2, -0.15) is 0 Å². The lowest BCUT2D eigenvalue weighted by molar-refractivity contribution is -0.150. The summed E-state index contributed by atoms with van der Waals surface area (Å²) in [7, 11) is 0. The van der Waals surface area contributed by atoms with Gasteiger partial charge in [0, 0.05) is 31.4 Å². The molecule has 1 saturated heterocycles. The molecule has 1 heterocycles. The predicted octanol–water partition coefficient (Wildman–Crippen LogP) is 1.41. The van der Waals surface area contributed by atoms with Crippen molar-refractivity contribution in [3.05, 3.63) is 24.3 Å². The summed E-state index contributed by atoms with van der Waals surface area (Å²) in [6, 6.07) is 7.58. The van der Waals surface area contributed by atoms with Crippen LogP contribution in [0.4, 0.5) is 11.4 Å². The van der Waals surface area contributed by atoms with Gasteiger partial charge >= 0.3 is 5.97 Å². The summed E-state index contributed by atoms with van der Waals surface area (Å²) in [5.41, 5.74) is 1.78. The Bertz CT molecular complexity index is 495. The van der Waals surface area contributed by atoms with Crippen molar-refractivity contribution in [1.29, 1.82) is 0 Å². The van der Waals surface area contributed by atoms with E-state index in [1.165, 1.54) is 6.92 Å². The summed E-state index contributed by atoms with van der Waals surface area (Å²) >= 11 is 0. The van der Waals surface area contributed by atoms with Crippen molar-refractivity contribution in [1.82, 2.24) is 0 Å². The van der Waals surface area contributed by atoms with Crippen molar-refractivity contribution >= 4 is 23.3 Å². The molecule has 0 aliphatic carbocycles. The molecule has 1 aliphatic rings. The van der Waals surface area contributed by atoms with Crippen molar-refractivity contribution in [2.45, 2.75) is 20.0 Å². The number of morpholine rings is 1. The predicted molar refractivity (Wildman–Crippen MR) is 79.3 cm³/mol. The van der Waals surface area contributed by atoms with E-state index < -0.39 is 12.1 Å². The van der Waals surface area contributed by atoms with E-state index in [-0.39, 0.29) is 5.91 Å². The van der Waals surface area contributed by atoms with E-state index in [1.807, 2.05) is 24.3 Å². The van der Waals surface area contributed by atoms with Gasteiger partial charge in [-0.05, 0) is 31.2 Å². The van der Waals surface area contributed by atoms with Gasteiger partial charge in [-0.3, -0.25) is 9.59 Å². The van der Waals surface area contributed by atoms with Crippen LogP contribution in [0.3, 0.4) is 0 Å². The lowest BCUT2D eigenvalue weighted by atomic mass is 10.2. The van der Waals surface area contributed by atoms with Crippen molar-refractivity contribution in [3.63, 3.8) is 0 Å². The Morgan fingerprint density at radius 3 is 2.43 bits per heavy atom. The van der Waals surface area contributed by atoms with Crippen LogP contribution in [-0.2, 0) is 19.1 Å². The minimum atomic E-state index is -0.804. The molecule has 1 aromatic rings. The zero-order valence-electron chi connectivity index (χ0n) is 12.3. The molecule has 0 radical (unpaired) electrons. The molecule has 1 amide bonds. The third-order valence-corrected chi connectivity index (χ3v) is 3.22. The molecule has 0 bridgehead atoms. The molecule has 2 rings (SSSR count). The second-order valence-corrected chi connectivity index (χ2v) is 4.89. The van der Waals surface area contributed by atoms with Crippen LogP contribution in [-0.4, -0.2) is 44.3 Å². The van der Waals surface area contributed by atoms with E-state index in [0.29, 0.717) is 5.69 Å². The number of carbonyl (C=O) groups excluding carboxylic acids is 2. The number of ether oxygens (including phenoxy) is 2. The summed E-state index contributed by atoms with van der Waals surface area (Å²) in [6.45, 7) is 6.03. The molecule has 0 aromatic heterocycles. The van der Waals surface area contributed by atoms with Crippen LogP contribution in [0.5, 0.6) is 0 Å². The van der Waals surface area contributed by atoms with Gasteiger partial charge < -0.3 is 19.7 Å². The number of nitrogens with one attached hydrogen (secondary N) is 1. The summed E-state index contributed by atoms with van der Waals surface area (Å²) in [5.74, 6) is -0.815. The Labute approximate surface area is 124 Å². The number of benzene rings is 1. The van der Waals surface area contributed by atoms with E-state index >= 15 is 0 Å². The Morgan fingerprint density at radius 1 is 1.24 bits per heavy atom. The van der Waals surface area contributed by atoms with Crippen LogP contribution < -0.4 is 10.2 Å². The molecule has 21 heavy (non-hydrogen) atoms. The fourth-order valence-corrected chi connectivity index (χ4v) is 2.12. The van der Waals surface area contributed by atoms with Crippen molar-refractivity contribution in [2.75, 3.05) is 36.5 Å². The number of amides is 1.